The van der Waals surface area contributed by atoms with Gasteiger partial charge in [0.05, 0.1) is 11.2 Å². The number of rotatable bonds is 5. The monoisotopic (exact) mass is 612 g/mol. The molecule has 0 aliphatic carbocycles. The minimum Gasteiger partial charge on any atom is -0.399 e. The van der Waals surface area contributed by atoms with Crippen LogP contribution in [0.25, 0.3) is 66.8 Å². The first kappa shape index (κ1) is 29.2. The molecule has 0 atom stereocenters. The molecular weight excluding hydrogens is 579 g/mol. The Bertz CT molecular complexity index is 2140. The molecule has 5 aromatic carbocycles. The van der Waals surface area contributed by atoms with Gasteiger partial charge in [-0.05, 0) is 66.3 Å². The zero-order valence-electron chi connectivity index (χ0n) is 26.8. The second-order valence-corrected chi connectivity index (χ2v) is 13.0. The molecule has 0 N–H and O–H groups in total. The van der Waals surface area contributed by atoms with E-state index in [1.165, 1.54) is 0 Å². The third kappa shape index (κ3) is 5.08. The van der Waals surface area contributed by atoms with Crippen molar-refractivity contribution in [2.45, 2.75) is 38.9 Å². The number of benzene rings is 5. The summed E-state index contributed by atoms with van der Waals surface area (Å²) >= 11 is 0. The first-order chi connectivity index (χ1) is 22.8. The second-order valence-electron chi connectivity index (χ2n) is 13.0. The molecule has 7 aromatic rings. The number of nitrogens with zero attached hydrogens (tertiary/aromatic N) is 4. The highest BCUT2D eigenvalue weighted by Gasteiger charge is 2.52. The fraction of sp³-hybridized carbons (Fsp3) is 0.150. The predicted octanol–water partition coefficient (Wildman–Crippen LogP) is 8.54. The third-order valence-corrected chi connectivity index (χ3v) is 9.45. The summed E-state index contributed by atoms with van der Waals surface area (Å²) in [5.41, 5.74) is 4.84. The fourth-order valence-electron chi connectivity index (χ4n) is 6.32. The topological polar surface area (TPSA) is 70.0 Å². The molecule has 0 saturated carbocycles. The summed E-state index contributed by atoms with van der Waals surface area (Å²) in [5, 5.41) is 4.37. The minimum atomic E-state index is -0.508. The Hall–Kier alpha value is -5.24. The van der Waals surface area contributed by atoms with E-state index < -0.39 is 18.3 Å². The summed E-state index contributed by atoms with van der Waals surface area (Å²) in [7, 11) is -0.508. The highest BCUT2D eigenvalue weighted by Crippen LogP contribution is 2.41. The Balaban J connectivity index is 1.33. The van der Waals surface area contributed by atoms with E-state index in [1.54, 1.807) is 0 Å². The van der Waals surface area contributed by atoms with Crippen molar-refractivity contribution in [1.82, 2.24) is 19.9 Å². The van der Waals surface area contributed by atoms with Gasteiger partial charge in [0, 0.05) is 34.6 Å². The van der Waals surface area contributed by atoms with E-state index in [2.05, 4.69) is 82.3 Å². The number of fused-ring (bicyclic) bond motifs is 2. The molecule has 1 saturated heterocycles. The van der Waals surface area contributed by atoms with Gasteiger partial charge in [-0.15, -0.1) is 0 Å². The molecule has 8 rings (SSSR count). The Kier molecular flexibility index (Phi) is 6.97. The van der Waals surface area contributed by atoms with Crippen LogP contribution in [0.2, 0.25) is 0 Å². The van der Waals surface area contributed by atoms with Gasteiger partial charge in [-0.3, -0.25) is 4.98 Å². The average Bonchev–Trinajstić information content (AvgIpc) is 3.33. The zero-order chi connectivity index (χ0) is 32.2. The van der Waals surface area contributed by atoms with E-state index in [0.717, 1.165) is 54.8 Å². The zero-order valence-corrected chi connectivity index (χ0v) is 26.8. The van der Waals surface area contributed by atoms with Gasteiger partial charge < -0.3 is 9.31 Å². The molecule has 6 nitrogen and oxygen atoms in total. The molecule has 7 heteroatoms. The van der Waals surface area contributed by atoms with Crippen molar-refractivity contribution >= 4 is 34.1 Å². The summed E-state index contributed by atoms with van der Waals surface area (Å²) in [5.74, 6) is 1.79. The van der Waals surface area contributed by atoms with E-state index in [-0.39, 0.29) is 0 Å². The number of hydrogen-bond donors (Lipinski definition) is 0. The van der Waals surface area contributed by atoms with Crippen LogP contribution in [-0.4, -0.2) is 38.3 Å². The van der Waals surface area contributed by atoms with Crippen LogP contribution in [0, 0.1) is 0 Å². The highest BCUT2D eigenvalue weighted by molar-refractivity contribution is 6.69. The Labute approximate surface area is 274 Å². The van der Waals surface area contributed by atoms with Gasteiger partial charge in [-0.2, -0.15) is 0 Å². The van der Waals surface area contributed by atoms with Gasteiger partial charge in [0.1, 0.15) is 0 Å². The minimum absolute atomic E-state index is 0.460. The van der Waals surface area contributed by atoms with Crippen molar-refractivity contribution in [2.24, 2.45) is 0 Å². The van der Waals surface area contributed by atoms with E-state index in [0.29, 0.717) is 17.5 Å². The van der Waals surface area contributed by atoms with Crippen LogP contribution in [0.5, 0.6) is 0 Å². The summed E-state index contributed by atoms with van der Waals surface area (Å²) < 4.78 is 13.3. The first-order valence-corrected chi connectivity index (χ1v) is 15.9. The van der Waals surface area contributed by atoms with Crippen LogP contribution < -0.4 is 5.46 Å². The maximum Gasteiger partial charge on any atom is 0.496 e. The van der Waals surface area contributed by atoms with Crippen molar-refractivity contribution in [3.63, 3.8) is 0 Å². The Morgan fingerprint density at radius 2 is 0.872 bits per heavy atom. The first-order valence-electron chi connectivity index (χ1n) is 15.9. The molecule has 228 valence electrons. The Morgan fingerprint density at radius 3 is 1.36 bits per heavy atom. The summed E-state index contributed by atoms with van der Waals surface area (Å²) in [6.45, 7) is 8.38. The molecular formula is C40H33BN4O2. The fourth-order valence-corrected chi connectivity index (χ4v) is 6.32. The average molecular weight is 613 g/mol. The summed E-state index contributed by atoms with van der Waals surface area (Å²) in [6.07, 6.45) is 3.75. The van der Waals surface area contributed by atoms with Crippen LogP contribution in [0.15, 0.2) is 128 Å². The molecule has 3 heterocycles. The van der Waals surface area contributed by atoms with Crippen molar-refractivity contribution in [1.29, 1.82) is 0 Å². The van der Waals surface area contributed by atoms with Crippen LogP contribution in [0.1, 0.15) is 27.7 Å². The molecule has 1 aliphatic rings. The normalized spacial score (nSPS) is 15.4. The van der Waals surface area contributed by atoms with E-state index in [1.807, 2.05) is 73.1 Å². The van der Waals surface area contributed by atoms with Crippen molar-refractivity contribution in [2.75, 3.05) is 0 Å². The maximum atomic E-state index is 6.63. The highest BCUT2D eigenvalue weighted by atomic mass is 16.7. The van der Waals surface area contributed by atoms with Gasteiger partial charge in [-0.1, -0.05) is 109 Å². The second kappa shape index (κ2) is 11.2. The smallest absolute Gasteiger partial charge is 0.399 e. The van der Waals surface area contributed by atoms with Crippen LogP contribution >= 0.6 is 0 Å². The lowest BCUT2D eigenvalue weighted by molar-refractivity contribution is 0.00578. The molecule has 0 spiro atoms. The van der Waals surface area contributed by atoms with E-state index >= 15 is 0 Å². The van der Waals surface area contributed by atoms with E-state index in [4.69, 9.17) is 29.2 Å². The standard InChI is InChI=1S/C40H33BN4O2/c1-39(2)40(3,4)47-41(46-39)35-32-21-13-11-19-30(32)34(31-20-12-14-22-33(31)35)28-23-29(25-42-24-28)38-44-36(26-15-7-5-8-16-26)43-37(45-38)27-17-9-6-10-18-27/h5-25H,1-4H3. The molecule has 0 bridgehead atoms. The SMILES string of the molecule is CC1(C)OB(c2c3ccccc3c(-c3cncc(-c4nc(-c5ccccc5)nc(-c5ccccc5)n4)c3)c3ccccc23)OC1(C)C. The van der Waals surface area contributed by atoms with Gasteiger partial charge in [0.25, 0.3) is 0 Å². The quantitative estimate of drug-likeness (QED) is 0.143. The van der Waals surface area contributed by atoms with Gasteiger partial charge >= 0.3 is 7.12 Å². The molecule has 47 heavy (non-hydrogen) atoms. The molecule has 0 unspecified atom stereocenters. The molecule has 1 fully saturated rings. The van der Waals surface area contributed by atoms with Gasteiger partial charge in [0.2, 0.25) is 0 Å². The van der Waals surface area contributed by atoms with Crippen molar-refractivity contribution < 1.29 is 9.31 Å². The lowest BCUT2D eigenvalue weighted by Gasteiger charge is -2.32. The largest absolute Gasteiger partial charge is 0.496 e. The summed E-state index contributed by atoms with van der Waals surface area (Å²) in [4.78, 5) is 19.5. The lowest BCUT2D eigenvalue weighted by atomic mass is 9.71. The van der Waals surface area contributed by atoms with Gasteiger partial charge in [-0.25, -0.2) is 15.0 Å². The molecule has 0 amide bonds. The van der Waals surface area contributed by atoms with E-state index in [9.17, 15) is 0 Å². The van der Waals surface area contributed by atoms with Crippen molar-refractivity contribution in [3.05, 3.63) is 128 Å². The molecule has 0 radical (unpaired) electrons. The predicted molar refractivity (Wildman–Crippen MR) is 190 cm³/mol. The third-order valence-electron chi connectivity index (χ3n) is 9.45. The Morgan fingerprint density at radius 1 is 0.468 bits per heavy atom. The lowest BCUT2D eigenvalue weighted by Crippen LogP contribution is -2.41. The number of aromatic nitrogens is 4. The van der Waals surface area contributed by atoms with Crippen LogP contribution in [0.3, 0.4) is 0 Å². The van der Waals surface area contributed by atoms with Crippen LogP contribution in [-0.2, 0) is 9.31 Å². The number of pyridine rings is 1. The summed E-state index contributed by atoms with van der Waals surface area (Å²) in [6, 6.07) is 39.1. The van der Waals surface area contributed by atoms with Crippen LogP contribution in [0.4, 0.5) is 0 Å². The van der Waals surface area contributed by atoms with Gasteiger partial charge in [0.15, 0.2) is 17.5 Å². The molecule has 2 aromatic heterocycles. The molecule has 1 aliphatic heterocycles. The van der Waals surface area contributed by atoms with Crippen molar-refractivity contribution in [3.8, 4) is 45.3 Å². The maximum absolute atomic E-state index is 6.63. The number of hydrogen-bond acceptors (Lipinski definition) is 6.